The molecule has 5 heteroatoms. The van der Waals surface area contributed by atoms with Gasteiger partial charge in [-0.1, -0.05) is 17.7 Å². The lowest BCUT2D eigenvalue weighted by Crippen LogP contribution is -2.32. The van der Waals surface area contributed by atoms with E-state index in [1.807, 2.05) is 0 Å². The van der Waals surface area contributed by atoms with Gasteiger partial charge >= 0.3 is 0 Å². The Balaban J connectivity index is 2.55. The average Bonchev–Trinajstić information content (AvgIpc) is 2.21. The van der Waals surface area contributed by atoms with Crippen molar-refractivity contribution in [3.05, 3.63) is 34.4 Å². The van der Waals surface area contributed by atoms with Gasteiger partial charge in [-0.25, -0.2) is 13.6 Å². The van der Waals surface area contributed by atoms with Gasteiger partial charge in [0.1, 0.15) is 0 Å². The number of nitrogens with zero attached hydrogens (tertiary/aromatic N) is 1. The standard InChI is InChI=1S/C11H8ClF2NO/c12-9-7(2-3-8(13)10(9)14)11(15-6-16)4-1-5-11/h2-3H,1,4-5H2. The van der Waals surface area contributed by atoms with Crippen LogP contribution in [-0.2, 0) is 10.3 Å². The number of hydrogen-bond donors (Lipinski definition) is 0. The molecule has 1 saturated carbocycles. The first-order chi connectivity index (χ1) is 7.60. The molecule has 1 fully saturated rings. The van der Waals surface area contributed by atoms with Crippen LogP contribution < -0.4 is 0 Å². The van der Waals surface area contributed by atoms with Gasteiger partial charge < -0.3 is 0 Å². The van der Waals surface area contributed by atoms with Gasteiger partial charge in [0, 0.05) is 5.56 Å². The summed E-state index contributed by atoms with van der Waals surface area (Å²) in [5.74, 6) is -2.09. The van der Waals surface area contributed by atoms with Crippen LogP contribution in [0, 0.1) is 11.6 Å². The molecule has 0 atom stereocenters. The van der Waals surface area contributed by atoms with Crippen molar-refractivity contribution < 1.29 is 13.6 Å². The predicted molar refractivity (Wildman–Crippen MR) is 55.0 cm³/mol. The van der Waals surface area contributed by atoms with E-state index in [4.69, 9.17) is 11.6 Å². The number of isocyanates is 1. The second-order valence-electron chi connectivity index (χ2n) is 3.81. The maximum Gasteiger partial charge on any atom is 0.235 e. The zero-order chi connectivity index (χ0) is 11.8. The molecule has 0 aliphatic heterocycles. The van der Waals surface area contributed by atoms with Crippen LogP contribution in [0.25, 0.3) is 0 Å². The van der Waals surface area contributed by atoms with Gasteiger partial charge in [-0.3, -0.25) is 0 Å². The summed E-state index contributed by atoms with van der Waals surface area (Å²) < 4.78 is 26.2. The normalized spacial score (nSPS) is 17.4. The molecule has 2 rings (SSSR count). The Kier molecular flexibility index (Phi) is 2.78. The highest BCUT2D eigenvalue weighted by molar-refractivity contribution is 6.31. The Labute approximate surface area is 95.9 Å². The number of carbonyl (C=O) groups excluding carboxylic acids is 1. The highest BCUT2D eigenvalue weighted by atomic mass is 35.5. The predicted octanol–water partition coefficient (Wildman–Crippen LogP) is 3.33. The van der Waals surface area contributed by atoms with E-state index < -0.39 is 17.2 Å². The summed E-state index contributed by atoms with van der Waals surface area (Å²) >= 11 is 5.73. The fraction of sp³-hybridized carbons (Fsp3) is 0.364. The van der Waals surface area contributed by atoms with Crippen molar-refractivity contribution >= 4 is 17.7 Å². The molecule has 0 radical (unpaired) electrons. The molecule has 0 saturated heterocycles. The molecule has 1 aromatic rings. The molecule has 1 aliphatic carbocycles. The Morgan fingerprint density at radius 3 is 2.56 bits per heavy atom. The van der Waals surface area contributed by atoms with Gasteiger partial charge in [0.05, 0.1) is 10.6 Å². The van der Waals surface area contributed by atoms with E-state index in [9.17, 15) is 13.6 Å². The van der Waals surface area contributed by atoms with Gasteiger partial charge in [-0.05, 0) is 25.3 Å². The third kappa shape index (κ3) is 1.55. The molecular formula is C11H8ClF2NO. The van der Waals surface area contributed by atoms with Crippen LogP contribution in [0.4, 0.5) is 8.78 Å². The van der Waals surface area contributed by atoms with Gasteiger partial charge in [-0.2, -0.15) is 4.99 Å². The summed E-state index contributed by atoms with van der Waals surface area (Å²) in [5.41, 5.74) is -0.435. The van der Waals surface area contributed by atoms with E-state index in [2.05, 4.69) is 4.99 Å². The van der Waals surface area contributed by atoms with E-state index in [-0.39, 0.29) is 5.02 Å². The SMILES string of the molecule is O=C=NC1(c2ccc(F)c(F)c2Cl)CCC1. The van der Waals surface area contributed by atoms with Crippen molar-refractivity contribution in [2.75, 3.05) is 0 Å². The van der Waals surface area contributed by atoms with Crippen molar-refractivity contribution in [3.63, 3.8) is 0 Å². The number of rotatable bonds is 2. The van der Waals surface area contributed by atoms with E-state index in [1.54, 1.807) is 0 Å². The summed E-state index contributed by atoms with van der Waals surface area (Å²) in [6.45, 7) is 0. The third-order valence-corrected chi connectivity index (χ3v) is 3.35. The number of benzene rings is 1. The zero-order valence-electron chi connectivity index (χ0n) is 8.27. The lowest BCUT2D eigenvalue weighted by Gasteiger charge is -2.37. The van der Waals surface area contributed by atoms with Crippen LogP contribution in [0.5, 0.6) is 0 Å². The summed E-state index contributed by atoms with van der Waals surface area (Å²) in [4.78, 5) is 14.0. The molecule has 84 valence electrons. The van der Waals surface area contributed by atoms with Crippen molar-refractivity contribution in [1.29, 1.82) is 0 Å². The van der Waals surface area contributed by atoms with E-state index in [0.717, 1.165) is 12.5 Å². The molecule has 0 N–H and O–H groups in total. The first-order valence-electron chi connectivity index (χ1n) is 4.84. The van der Waals surface area contributed by atoms with Crippen LogP contribution >= 0.6 is 11.6 Å². The molecule has 0 aromatic heterocycles. The monoisotopic (exact) mass is 243 g/mol. The van der Waals surface area contributed by atoms with Crippen LogP contribution in [0.1, 0.15) is 24.8 Å². The molecule has 0 spiro atoms. The summed E-state index contributed by atoms with van der Waals surface area (Å²) in [7, 11) is 0. The van der Waals surface area contributed by atoms with Crippen LogP contribution in [-0.4, -0.2) is 6.08 Å². The molecule has 0 heterocycles. The molecule has 16 heavy (non-hydrogen) atoms. The topological polar surface area (TPSA) is 29.4 Å². The smallest absolute Gasteiger partial charge is 0.211 e. The average molecular weight is 244 g/mol. The quantitative estimate of drug-likeness (QED) is 0.445. The Morgan fingerprint density at radius 2 is 2.06 bits per heavy atom. The van der Waals surface area contributed by atoms with Crippen LogP contribution in [0.3, 0.4) is 0 Å². The highest BCUT2D eigenvalue weighted by Gasteiger charge is 2.41. The first-order valence-corrected chi connectivity index (χ1v) is 5.21. The highest BCUT2D eigenvalue weighted by Crippen LogP contribution is 2.47. The minimum absolute atomic E-state index is 0.293. The Hall–Kier alpha value is -1.25. The second-order valence-corrected chi connectivity index (χ2v) is 4.19. The Morgan fingerprint density at radius 1 is 1.38 bits per heavy atom. The molecule has 0 unspecified atom stereocenters. The van der Waals surface area contributed by atoms with Crippen molar-refractivity contribution in [3.8, 4) is 0 Å². The number of halogens is 3. The van der Waals surface area contributed by atoms with Crippen molar-refractivity contribution in [2.24, 2.45) is 4.99 Å². The molecular weight excluding hydrogens is 236 g/mol. The fourth-order valence-corrected chi connectivity index (χ4v) is 2.25. The lowest BCUT2D eigenvalue weighted by molar-refractivity contribution is 0.255. The largest absolute Gasteiger partial charge is 0.235 e. The molecule has 2 nitrogen and oxygen atoms in total. The fourth-order valence-electron chi connectivity index (χ4n) is 1.93. The minimum atomic E-state index is -1.09. The summed E-state index contributed by atoms with van der Waals surface area (Å²) in [6, 6.07) is 2.37. The van der Waals surface area contributed by atoms with E-state index in [0.29, 0.717) is 18.4 Å². The second kappa shape index (κ2) is 3.96. The maximum absolute atomic E-state index is 13.3. The first kappa shape index (κ1) is 11.2. The van der Waals surface area contributed by atoms with E-state index >= 15 is 0 Å². The third-order valence-electron chi connectivity index (χ3n) is 2.98. The van der Waals surface area contributed by atoms with E-state index in [1.165, 1.54) is 12.1 Å². The number of hydrogen-bond acceptors (Lipinski definition) is 2. The Bertz CT molecular complexity index is 479. The van der Waals surface area contributed by atoms with Gasteiger partial charge in [0.15, 0.2) is 11.6 Å². The summed E-state index contributed by atoms with van der Waals surface area (Å²) in [6.07, 6.45) is 3.55. The van der Waals surface area contributed by atoms with Gasteiger partial charge in [-0.15, -0.1) is 0 Å². The van der Waals surface area contributed by atoms with Gasteiger partial charge in [0.25, 0.3) is 0 Å². The van der Waals surface area contributed by atoms with Crippen molar-refractivity contribution in [1.82, 2.24) is 0 Å². The lowest BCUT2D eigenvalue weighted by atomic mass is 9.72. The maximum atomic E-state index is 13.3. The minimum Gasteiger partial charge on any atom is -0.211 e. The molecule has 0 amide bonds. The van der Waals surface area contributed by atoms with Crippen molar-refractivity contribution in [2.45, 2.75) is 24.8 Å². The van der Waals surface area contributed by atoms with Crippen LogP contribution in [0.15, 0.2) is 17.1 Å². The number of aliphatic imine (C=N–C) groups is 1. The molecule has 1 aliphatic rings. The van der Waals surface area contributed by atoms with Crippen LogP contribution in [0.2, 0.25) is 5.02 Å². The zero-order valence-corrected chi connectivity index (χ0v) is 9.02. The molecule has 0 bridgehead atoms. The molecule has 1 aromatic carbocycles. The van der Waals surface area contributed by atoms with Gasteiger partial charge in [0.2, 0.25) is 6.08 Å². The summed E-state index contributed by atoms with van der Waals surface area (Å²) in [5, 5.41) is -0.293.